The number of hydrogen-bond acceptors (Lipinski definition) is 6. The lowest BCUT2D eigenvalue weighted by atomic mass is 10.2. The van der Waals surface area contributed by atoms with Crippen molar-refractivity contribution < 1.29 is 9.84 Å². The Morgan fingerprint density at radius 2 is 1.71 bits per heavy atom. The van der Waals surface area contributed by atoms with Gasteiger partial charge in [0.15, 0.2) is 5.82 Å². The number of benzene rings is 2. The molecule has 4 aromatic rings. The van der Waals surface area contributed by atoms with Crippen molar-refractivity contribution in [3.8, 4) is 5.75 Å². The molecule has 2 heterocycles. The van der Waals surface area contributed by atoms with Gasteiger partial charge in [-0.2, -0.15) is 4.98 Å². The first-order chi connectivity index (χ1) is 15.1. The molecule has 0 fully saturated rings. The van der Waals surface area contributed by atoms with Crippen molar-refractivity contribution in [2.45, 2.75) is 39.2 Å². The Labute approximate surface area is 182 Å². The van der Waals surface area contributed by atoms with Gasteiger partial charge in [-0.1, -0.05) is 62.6 Å². The summed E-state index contributed by atoms with van der Waals surface area (Å²) < 4.78 is 7.58. The van der Waals surface area contributed by atoms with Crippen LogP contribution in [0.5, 0.6) is 5.75 Å². The van der Waals surface area contributed by atoms with Crippen LogP contribution in [-0.2, 0) is 6.54 Å². The summed E-state index contributed by atoms with van der Waals surface area (Å²) >= 11 is 0. The van der Waals surface area contributed by atoms with Crippen molar-refractivity contribution in [1.82, 2.24) is 14.5 Å². The second-order valence-corrected chi connectivity index (χ2v) is 7.36. The number of fused-ring (bicyclic) bond motifs is 3. The van der Waals surface area contributed by atoms with E-state index < -0.39 is 0 Å². The molecule has 7 nitrogen and oxygen atoms in total. The highest BCUT2D eigenvalue weighted by Crippen LogP contribution is 2.32. The first kappa shape index (κ1) is 22.4. The molecule has 164 valence electrons. The van der Waals surface area contributed by atoms with Gasteiger partial charge in [0.1, 0.15) is 16.8 Å². The van der Waals surface area contributed by atoms with E-state index in [4.69, 9.17) is 21.3 Å². The van der Waals surface area contributed by atoms with Crippen LogP contribution in [0.1, 0.15) is 38.2 Å². The number of anilines is 2. The number of aliphatic hydroxyl groups excluding tert-OH is 1. The van der Waals surface area contributed by atoms with E-state index in [0.717, 1.165) is 39.7 Å². The molecule has 2 aromatic carbocycles. The summed E-state index contributed by atoms with van der Waals surface area (Å²) in [6.07, 6.45) is 4.68. The number of ether oxygens (including phenoxy) is 1. The van der Waals surface area contributed by atoms with E-state index in [-0.39, 0.29) is 5.95 Å². The first-order valence-corrected chi connectivity index (χ1v) is 10.6. The summed E-state index contributed by atoms with van der Waals surface area (Å²) in [4.78, 5) is 8.54. The molecule has 5 N–H and O–H groups in total. The van der Waals surface area contributed by atoms with Crippen LogP contribution in [-0.4, -0.2) is 33.4 Å². The van der Waals surface area contributed by atoms with Gasteiger partial charge in [0.2, 0.25) is 5.95 Å². The Morgan fingerprint density at radius 1 is 0.968 bits per heavy atom. The van der Waals surface area contributed by atoms with E-state index in [1.807, 2.05) is 48.5 Å². The molecule has 4 rings (SSSR count). The molecule has 0 saturated heterocycles. The predicted molar refractivity (Wildman–Crippen MR) is 127 cm³/mol. The van der Waals surface area contributed by atoms with Gasteiger partial charge in [0.05, 0.1) is 19.2 Å². The Hall–Kier alpha value is -3.32. The minimum atomic E-state index is 0.181. The predicted octanol–water partition coefficient (Wildman–Crippen LogP) is 4.36. The molecule has 0 unspecified atom stereocenters. The highest BCUT2D eigenvalue weighted by molar-refractivity contribution is 6.09. The summed E-state index contributed by atoms with van der Waals surface area (Å²) in [6, 6.07) is 16.0. The maximum atomic E-state index is 8.29. The smallest absolute Gasteiger partial charge is 0.222 e. The quantitative estimate of drug-likeness (QED) is 0.382. The number of unbranched alkanes of at least 4 members (excludes halogenated alkanes) is 3. The fraction of sp³-hybridized carbons (Fsp3) is 0.333. The maximum Gasteiger partial charge on any atom is 0.222 e. The minimum Gasteiger partial charge on any atom is -0.496 e. The summed E-state index contributed by atoms with van der Waals surface area (Å²) in [5.74, 6) is 1.39. The molecular weight excluding hydrogens is 390 g/mol. The van der Waals surface area contributed by atoms with Crippen LogP contribution in [0.4, 0.5) is 11.8 Å². The third-order valence-corrected chi connectivity index (χ3v) is 5.18. The van der Waals surface area contributed by atoms with Gasteiger partial charge in [-0.15, -0.1) is 0 Å². The molecule has 0 amide bonds. The molecule has 2 aromatic heterocycles. The largest absolute Gasteiger partial charge is 0.496 e. The van der Waals surface area contributed by atoms with Gasteiger partial charge in [0, 0.05) is 17.6 Å². The maximum absolute atomic E-state index is 8.29. The normalized spacial score (nSPS) is 10.8. The van der Waals surface area contributed by atoms with E-state index in [0.29, 0.717) is 19.0 Å². The van der Waals surface area contributed by atoms with Gasteiger partial charge in [-0.25, -0.2) is 4.98 Å². The van der Waals surface area contributed by atoms with Crippen molar-refractivity contribution in [1.29, 1.82) is 0 Å². The van der Waals surface area contributed by atoms with Gasteiger partial charge in [-0.05, 0) is 18.6 Å². The average Bonchev–Trinajstić information content (AvgIpc) is 3.09. The number of aromatic nitrogens is 3. The van der Waals surface area contributed by atoms with Crippen LogP contribution < -0.4 is 16.2 Å². The van der Waals surface area contributed by atoms with Crippen LogP contribution in [0.2, 0.25) is 0 Å². The van der Waals surface area contributed by atoms with E-state index >= 15 is 0 Å². The summed E-state index contributed by atoms with van der Waals surface area (Å²) in [5.41, 5.74) is 15.6. The van der Waals surface area contributed by atoms with Crippen molar-refractivity contribution in [3.63, 3.8) is 0 Å². The zero-order chi connectivity index (χ0) is 22.2. The third kappa shape index (κ3) is 5.06. The van der Waals surface area contributed by atoms with Crippen LogP contribution >= 0.6 is 0 Å². The minimum absolute atomic E-state index is 0.181. The van der Waals surface area contributed by atoms with Crippen LogP contribution in [0, 0.1) is 0 Å². The average molecular weight is 422 g/mol. The zero-order valence-corrected chi connectivity index (χ0v) is 18.2. The lowest BCUT2D eigenvalue weighted by molar-refractivity contribution is 0.283. The number of nitrogens with zero attached hydrogens (tertiary/aromatic N) is 3. The summed E-state index contributed by atoms with van der Waals surface area (Å²) in [7, 11) is 1.67. The standard InChI is InChI=1S/C18H17N5O.C6H14O/c1-24-14-9-5-2-6-11(14)10-23-13-8-4-3-7-12(13)15-16(23)17(19)22-18(20)21-15;1-2-3-4-5-6-7/h2-9H,10H2,1H3,(H4,19,20,21,22);7H,2-6H2,1H3. The molecule has 0 bridgehead atoms. The Kier molecular flexibility index (Phi) is 7.67. The summed E-state index contributed by atoms with van der Waals surface area (Å²) in [6.45, 7) is 3.13. The Bertz CT molecular complexity index is 1140. The molecule has 0 saturated carbocycles. The van der Waals surface area contributed by atoms with Crippen LogP contribution in [0.3, 0.4) is 0 Å². The van der Waals surface area contributed by atoms with E-state index in [1.54, 1.807) is 7.11 Å². The molecule has 0 atom stereocenters. The molecule has 0 radical (unpaired) electrons. The van der Waals surface area contributed by atoms with Crippen LogP contribution in [0.15, 0.2) is 48.5 Å². The SMILES string of the molecule is CCCCCCO.COc1ccccc1Cn1c2ccccc2c2nc(N)nc(N)c21. The Balaban J connectivity index is 0.000000339. The number of aliphatic hydroxyl groups is 1. The monoisotopic (exact) mass is 421 g/mol. The molecule has 0 aliphatic heterocycles. The zero-order valence-electron chi connectivity index (χ0n) is 18.2. The topological polar surface area (TPSA) is 112 Å². The van der Waals surface area contributed by atoms with Crippen LogP contribution in [0.25, 0.3) is 21.9 Å². The van der Waals surface area contributed by atoms with Crippen molar-refractivity contribution >= 4 is 33.7 Å². The van der Waals surface area contributed by atoms with Gasteiger partial charge in [0.25, 0.3) is 0 Å². The second kappa shape index (κ2) is 10.6. The molecule has 7 heteroatoms. The van der Waals surface area contributed by atoms with E-state index in [9.17, 15) is 0 Å². The lowest BCUT2D eigenvalue weighted by Gasteiger charge is -2.12. The van der Waals surface area contributed by atoms with E-state index in [2.05, 4.69) is 21.5 Å². The third-order valence-electron chi connectivity index (χ3n) is 5.18. The summed E-state index contributed by atoms with van der Waals surface area (Å²) in [5, 5.41) is 9.30. The molecule has 0 aliphatic rings. The number of hydrogen-bond donors (Lipinski definition) is 3. The second-order valence-electron chi connectivity index (χ2n) is 7.36. The van der Waals surface area contributed by atoms with Gasteiger partial charge < -0.3 is 25.9 Å². The lowest BCUT2D eigenvalue weighted by Crippen LogP contribution is -2.06. The number of methoxy groups -OCH3 is 1. The fourth-order valence-corrected chi connectivity index (χ4v) is 3.68. The number of rotatable bonds is 7. The molecule has 31 heavy (non-hydrogen) atoms. The number of para-hydroxylation sites is 2. The highest BCUT2D eigenvalue weighted by Gasteiger charge is 2.17. The van der Waals surface area contributed by atoms with Gasteiger partial charge in [-0.3, -0.25) is 0 Å². The molecule has 0 aliphatic carbocycles. The first-order valence-electron chi connectivity index (χ1n) is 10.6. The fourth-order valence-electron chi connectivity index (χ4n) is 3.68. The van der Waals surface area contributed by atoms with Gasteiger partial charge >= 0.3 is 0 Å². The van der Waals surface area contributed by atoms with Crippen molar-refractivity contribution in [2.24, 2.45) is 0 Å². The highest BCUT2D eigenvalue weighted by atomic mass is 16.5. The molecular formula is C24H31N5O2. The molecule has 0 spiro atoms. The number of nitrogen functional groups attached to an aromatic ring is 2. The number of nitrogens with two attached hydrogens (primary N) is 2. The Morgan fingerprint density at radius 3 is 2.45 bits per heavy atom. The van der Waals surface area contributed by atoms with E-state index in [1.165, 1.54) is 19.3 Å². The van der Waals surface area contributed by atoms with Crippen molar-refractivity contribution in [3.05, 3.63) is 54.1 Å². The van der Waals surface area contributed by atoms with Crippen molar-refractivity contribution in [2.75, 3.05) is 25.2 Å².